The summed E-state index contributed by atoms with van der Waals surface area (Å²) in [7, 11) is 0. The van der Waals surface area contributed by atoms with Crippen LogP contribution in [0, 0.1) is 0 Å². The van der Waals surface area contributed by atoms with E-state index in [-0.39, 0.29) is 11.4 Å². The van der Waals surface area contributed by atoms with Crippen molar-refractivity contribution in [1.29, 1.82) is 0 Å². The van der Waals surface area contributed by atoms with Crippen LogP contribution in [-0.4, -0.2) is 32.2 Å². The number of carboxylic acid groups (broad SMARTS) is 1. The van der Waals surface area contributed by atoms with Crippen molar-refractivity contribution < 1.29 is 14.7 Å². The number of carbonyl (C=O) groups excluding carboxylic acids is 1. The number of aromatic nitrogens is 3. The second-order valence-electron chi connectivity index (χ2n) is 3.50. The number of carboxylic acids is 1. The van der Waals surface area contributed by atoms with Gasteiger partial charge in [0.1, 0.15) is 11.4 Å². The number of nitrogens with zero attached hydrogens (tertiary/aromatic N) is 2. The predicted octanol–water partition coefficient (Wildman–Crippen LogP) is 0.433. The average Bonchev–Trinajstić information content (AvgIpc) is 2.89. The fraction of sp³-hybridized carbons (Fsp3) is 0.0909. The van der Waals surface area contributed by atoms with Crippen molar-refractivity contribution in [2.24, 2.45) is 0 Å². The molecule has 0 fully saturated rings. The molecule has 0 radical (unpaired) electrons. The molecule has 7 heteroatoms. The molecule has 0 aromatic carbocycles. The van der Waals surface area contributed by atoms with Crippen LogP contribution in [0.4, 0.5) is 0 Å². The molecule has 18 heavy (non-hydrogen) atoms. The van der Waals surface area contributed by atoms with Crippen molar-refractivity contribution in [3.05, 3.63) is 47.5 Å². The average molecular weight is 246 g/mol. The maximum Gasteiger partial charge on any atom is 0.354 e. The summed E-state index contributed by atoms with van der Waals surface area (Å²) in [5, 5.41) is 17.7. The Morgan fingerprint density at radius 2 is 2.11 bits per heavy atom. The molecule has 0 unspecified atom stereocenters. The van der Waals surface area contributed by atoms with Crippen molar-refractivity contribution in [3.8, 4) is 0 Å². The molecular weight excluding hydrogens is 236 g/mol. The summed E-state index contributed by atoms with van der Waals surface area (Å²) in [6.07, 6.45) is 3.24. The zero-order valence-electron chi connectivity index (χ0n) is 9.25. The Morgan fingerprint density at radius 3 is 2.78 bits per heavy atom. The molecule has 92 valence electrons. The van der Waals surface area contributed by atoms with Gasteiger partial charge in [0, 0.05) is 18.3 Å². The molecule has 0 aliphatic carbocycles. The quantitative estimate of drug-likeness (QED) is 0.725. The SMILES string of the molecule is O=C(O)c1cccc(C(=O)NCc2cn[nH]c2)n1. The van der Waals surface area contributed by atoms with Crippen LogP contribution < -0.4 is 5.32 Å². The van der Waals surface area contributed by atoms with E-state index < -0.39 is 11.9 Å². The number of rotatable bonds is 4. The summed E-state index contributed by atoms with van der Waals surface area (Å²) in [6.45, 7) is 0.300. The highest BCUT2D eigenvalue weighted by atomic mass is 16.4. The molecule has 2 heterocycles. The van der Waals surface area contributed by atoms with Crippen LogP contribution in [0.2, 0.25) is 0 Å². The number of pyridine rings is 1. The summed E-state index contributed by atoms with van der Waals surface area (Å²) in [5.74, 6) is -1.60. The number of hydrogen-bond donors (Lipinski definition) is 3. The summed E-state index contributed by atoms with van der Waals surface area (Å²) >= 11 is 0. The van der Waals surface area contributed by atoms with Crippen LogP contribution in [0.3, 0.4) is 0 Å². The highest BCUT2D eigenvalue weighted by molar-refractivity contribution is 5.94. The van der Waals surface area contributed by atoms with Crippen LogP contribution in [0.15, 0.2) is 30.6 Å². The van der Waals surface area contributed by atoms with Gasteiger partial charge in [-0.2, -0.15) is 5.10 Å². The van der Waals surface area contributed by atoms with Gasteiger partial charge in [-0.25, -0.2) is 9.78 Å². The first-order valence-electron chi connectivity index (χ1n) is 5.13. The van der Waals surface area contributed by atoms with Crippen LogP contribution in [0.5, 0.6) is 0 Å². The second-order valence-corrected chi connectivity index (χ2v) is 3.50. The summed E-state index contributed by atoms with van der Waals surface area (Å²) in [5.41, 5.74) is 0.724. The summed E-state index contributed by atoms with van der Waals surface area (Å²) in [4.78, 5) is 26.2. The Hall–Kier alpha value is -2.70. The molecule has 2 rings (SSSR count). The highest BCUT2D eigenvalue weighted by Crippen LogP contribution is 2.00. The lowest BCUT2D eigenvalue weighted by atomic mass is 10.3. The predicted molar refractivity (Wildman–Crippen MR) is 61.0 cm³/mol. The molecule has 0 aliphatic heterocycles. The van der Waals surface area contributed by atoms with Gasteiger partial charge in [-0.3, -0.25) is 9.89 Å². The van der Waals surface area contributed by atoms with Crippen molar-refractivity contribution in [2.75, 3.05) is 0 Å². The van der Waals surface area contributed by atoms with E-state index in [0.717, 1.165) is 5.56 Å². The first-order valence-corrected chi connectivity index (χ1v) is 5.13. The van der Waals surface area contributed by atoms with E-state index in [4.69, 9.17) is 5.11 Å². The monoisotopic (exact) mass is 246 g/mol. The lowest BCUT2D eigenvalue weighted by molar-refractivity contribution is 0.0690. The molecule has 2 aromatic heterocycles. The van der Waals surface area contributed by atoms with Crippen LogP contribution >= 0.6 is 0 Å². The van der Waals surface area contributed by atoms with Gasteiger partial charge in [-0.15, -0.1) is 0 Å². The minimum atomic E-state index is -1.17. The fourth-order valence-electron chi connectivity index (χ4n) is 1.33. The number of nitrogens with one attached hydrogen (secondary N) is 2. The topological polar surface area (TPSA) is 108 Å². The number of hydrogen-bond acceptors (Lipinski definition) is 4. The fourth-order valence-corrected chi connectivity index (χ4v) is 1.33. The zero-order chi connectivity index (χ0) is 13.0. The largest absolute Gasteiger partial charge is 0.477 e. The van der Waals surface area contributed by atoms with Gasteiger partial charge in [0.25, 0.3) is 5.91 Å². The maximum atomic E-state index is 11.7. The van der Waals surface area contributed by atoms with Gasteiger partial charge in [-0.1, -0.05) is 6.07 Å². The second kappa shape index (κ2) is 5.09. The van der Waals surface area contributed by atoms with E-state index in [2.05, 4.69) is 20.5 Å². The summed E-state index contributed by atoms with van der Waals surface area (Å²) < 4.78 is 0. The van der Waals surface area contributed by atoms with E-state index in [1.54, 1.807) is 12.4 Å². The third kappa shape index (κ3) is 2.70. The smallest absolute Gasteiger partial charge is 0.354 e. The Morgan fingerprint density at radius 1 is 1.33 bits per heavy atom. The third-order valence-electron chi connectivity index (χ3n) is 2.21. The Labute approximate surface area is 102 Å². The molecule has 0 bridgehead atoms. The van der Waals surface area contributed by atoms with Gasteiger partial charge in [-0.05, 0) is 12.1 Å². The number of H-pyrrole nitrogens is 1. The molecule has 0 saturated heterocycles. The summed E-state index contributed by atoms with van der Waals surface area (Å²) in [6, 6.07) is 4.26. The standard InChI is InChI=1S/C11H10N4O3/c16-10(12-4-7-5-13-14-6-7)8-2-1-3-9(15-8)11(17)18/h1-3,5-6H,4H2,(H,12,16)(H,13,14)(H,17,18). The maximum absolute atomic E-state index is 11.7. The van der Waals surface area contributed by atoms with Crippen molar-refractivity contribution in [3.63, 3.8) is 0 Å². The zero-order valence-corrected chi connectivity index (χ0v) is 9.25. The molecule has 3 N–H and O–H groups in total. The van der Waals surface area contributed by atoms with Gasteiger partial charge in [0.05, 0.1) is 6.20 Å². The van der Waals surface area contributed by atoms with E-state index >= 15 is 0 Å². The molecular formula is C11H10N4O3. The molecule has 7 nitrogen and oxygen atoms in total. The van der Waals surface area contributed by atoms with Crippen molar-refractivity contribution in [1.82, 2.24) is 20.5 Å². The van der Waals surface area contributed by atoms with E-state index in [1.165, 1.54) is 18.2 Å². The first-order chi connectivity index (χ1) is 8.66. The lowest BCUT2D eigenvalue weighted by Gasteiger charge is -2.03. The molecule has 0 spiro atoms. The van der Waals surface area contributed by atoms with Crippen molar-refractivity contribution in [2.45, 2.75) is 6.54 Å². The van der Waals surface area contributed by atoms with E-state index in [9.17, 15) is 9.59 Å². The number of aromatic carboxylic acids is 1. The Kier molecular flexibility index (Phi) is 3.33. The van der Waals surface area contributed by atoms with Gasteiger partial charge >= 0.3 is 5.97 Å². The minimum absolute atomic E-state index is 0.0680. The van der Waals surface area contributed by atoms with E-state index in [0.29, 0.717) is 6.54 Å². The third-order valence-corrected chi connectivity index (χ3v) is 2.21. The minimum Gasteiger partial charge on any atom is -0.477 e. The van der Waals surface area contributed by atoms with Gasteiger partial charge in [0.2, 0.25) is 0 Å². The normalized spacial score (nSPS) is 10.0. The highest BCUT2D eigenvalue weighted by Gasteiger charge is 2.10. The lowest BCUT2D eigenvalue weighted by Crippen LogP contribution is -2.24. The Balaban J connectivity index is 2.04. The molecule has 0 atom stereocenters. The Bertz CT molecular complexity index is 565. The van der Waals surface area contributed by atoms with E-state index in [1.807, 2.05) is 0 Å². The first kappa shape index (κ1) is 11.8. The molecule has 1 amide bonds. The molecule has 0 aliphatic rings. The number of carbonyl (C=O) groups is 2. The molecule has 2 aromatic rings. The molecule has 0 saturated carbocycles. The van der Waals surface area contributed by atoms with Gasteiger partial charge < -0.3 is 10.4 Å². The van der Waals surface area contributed by atoms with Gasteiger partial charge in [0.15, 0.2) is 0 Å². The van der Waals surface area contributed by atoms with Crippen LogP contribution in [-0.2, 0) is 6.54 Å². The van der Waals surface area contributed by atoms with Crippen LogP contribution in [0.25, 0.3) is 0 Å². The van der Waals surface area contributed by atoms with Crippen molar-refractivity contribution >= 4 is 11.9 Å². The number of amides is 1. The number of aromatic amines is 1. The van der Waals surface area contributed by atoms with Crippen LogP contribution in [0.1, 0.15) is 26.5 Å².